The van der Waals surface area contributed by atoms with Gasteiger partial charge in [0, 0.05) is 12.7 Å². The highest BCUT2D eigenvalue weighted by molar-refractivity contribution is 5.76. The lowest BCUT2D eigenvalue weighted by Crippen LogP contribution is -2.64. The number of carbonyl (C=O) groups is 1. The van der Waals surface area contributed by atoms with Gasteiger partial charge < -0.3 is 80.6 Å². The van der Waals surface area contributed by atoms with Crippen molar-refractivity contribution in [3.8, 4) is 0 Å². The molecular formula is C33H55N3O19. The average molecular weight is 798 g/mol. The Morgan fingerprint density at radius 3 is 1.95 bits per heavy atom. The standard InChI is InChI=1S/C33H55N3O19/c1-12(37)10-19(39)36-20-14(3)48-31(27(46)25(20)44)54-52-29-23(42)16(5)49-32(28(29)47)55-53-30-26(45)22(41)15(4)50-33(30)51-17(24(43)21(40)13(2)38)11-35-18-8-6-7-9-34-18/h6-9,12-17,20-33,37-38,40-47H,10-11H2,1-5H3,(H,34,35)(H,36,39)/t12?,13?,14-,15+,16+,17?,20-,21?,22+,23+,24?,25+,26-,27-,28-,29-,30-,31+,32+,33+/m1/s1. The molecule has 20 atom stereocenters. The molecule has 3 aliphatic heterocycles. The van der Waals surface area contributed by atoms with Crippen LogP contribution in [-0.4, -0.2) is 191 Å². The second kappa shape index (κ2) is 20.4. The third-order valence-corrected chi connectivity index (χ3v) is 9.43. The molecule has 0 aromatic carbocycles. The summed E-state index contributed by atoms with van der Waals surface area (Å²) in [6.07, 6.45) is -27.7. The van der Waals surface area contributed by atoms with Crippen molar-refractivity contribution in [3.05, 3.63) is 24.4 Å². The van der Waals surface area contributed by atoms with E-state index >= 15 is 0 Å². The largest absolute Gasteiger partial charge is 0.393 e. The zero-order valence-corrected chi connectivity index (χ0v) is 30.9. The number of anilines is 1. The number of rotatable bonds is 17. The summed E-state index contributed by atoms with van der Waals surface area (Å²) in [5, 5.41) is 111. The molecule has 316 valence electrons. The smallest absolute Gasteiger partial charge is 0.222 e. The van der Waals surface area contributed by atoms with E-state index in [1.165, 1.54) is 40.8 Å². The Bertz CT molecular complexity index is 1310. The van der Waals surface area contributed by atoms with Gasteiger partial charge in [0.05, 0.1) is 43.0 Å². The summed E-state index contributed by atoms with van der Waals surface area (Å²) in [5.41, 5.74) is 0. The van der Waals surface area contributed by atoms with Gasteiger partial charge in [-0.1, -0.05) is 6.07 Å². The van der Waals surface area contributed by atoms with Crippen LogP contribution in [0.15, 0.2) is 24.4 Å². The van der Waals surface area contributed by atoms with Gasteiger partial charge in [0.25, 0.3) is 0 Å². The second-order valence-corrected chi connectivity index (χ2v) is 14.0. The Kier molecular flexibility index (Phi) is 16.8. The molecule has 0 radical (unpaired) electrons. The average Bonchev–Trinajstić information content (AvgIpc) is 3.13. The maximum Gasteiger partial charge on any atom is 0.222 e. The highest BCUT2D eigenvalue weighted by Gasteiger charge is 2.51. The number of ether oxygens (including phenoxy) is 4. The number of hydrogen-bond donors (Lipinski definition) is 12. The Morgan fingerprint density at radius 1 is 0.727 bits per heavy atom. The summed E-state index contributed by atoms with van der Waals surface area (Å²) in [4.78, 5) is 37.5. The van der Waals surface area contributed by atoms with Crippen molar-refractivity contribution < 1.29 is 94.4 Å². The molecule has 0 bridgehead atoms. The molecular weight excluding hydrogens is 742 g/mol. The molecule has 1 amide bonds. The lowest BCUT2D eigenvalue weighted by atomic mass is 9.96. The molecule has 0 aliphatic carbocycles. The normalized spacial score (nSPS) is 39.7. The van der Waals surface area contributed by atoms with Crippen molar-refractivity contribution in [2.45, 2.75) is 164 Å². The first-order chi connectivity index (χ1) is 25.9. The third-order valence-electron chi connectivity index (χ3n) is 9.43. The minimum absolute atomic E-state index is 0.213. The van der Waals surface area contributed by atoms with E-state index in [2.05, 4.69) is 15.6 Å². The number of aliphatic hydroxyl groups is 10. The monoisotopic (exact) mass is 797 g/mol. The van der Waals surface area contributed by atoms with E-state index in [-0.39, 0.29) is 13.0 Å². The van der Waals surface area contributed by atoms with E-state index in [9.17, 15) is 55.9 Å². The fraction of sp³-hybridized carbons (Fsp3) is 0.818. The molecule has 55 heavy (non-hydrogen) atoms. The van der Waals surface area contributed by atoms with Crippen LogP contribution in [0.25, 0.3) is 0 Å². The van der Waals surface area contributed by atoms with Crippen LogP contribution in [0.1, 0.15) is 41.0 Å². The number of hydrogen-bond acceptors (Lipinski definition) is 21. The van der Waals surface area contributed by atoms with E-state index < -0.39 is 128 Å². The highest BCUT2D eigenvalue weighted by atomic mass is 17.2. The van der Waals surface area contributed by atoms with Crippen molar-refractivity contribution in [2.24, 2.45) is 0 Å². The fourth-order valence-corrected chi connectivity index (χ4v) is 6.06. The van der Waals surface area contributed by atoms with Gasteiger partial charge >= 0.3 is 0 Å². The molecule has 4 rings (SSSR count). The Labute approximate surface area is 316 Å². The van der Waals surface area contributed by atoms with Crippen LogP contribution in [0.4, 0.5) is 5.82 Å². The van der Waals surface area contributed by atoms with Gasteiger partial charge in [-0.25, -0.2) is 24.5 Å². The summed E-state index contributed by atoms with van der Waals surface area (Å²) in [5.74, 6) is -0.232. The Hall–Kier alpha value is -2.30. The summed E-state index contributed by atoms with van der Waals surface area (Å²) in [6.45, 7) is 6.70. The van der Waals surface area contributed by atoms with Crippen LogP contribution >= 0.6 is 0 Å². The van der Waals surface area contributed by atoms with Gasteiger partial charge in [-0.05, 0) is 46.8 Å². The minimum Gasteiger partial charge on any atom is -0.393 e. The molecule has 0 saturated carbocycles. The van der Waals surface area contributed by atoms with Crippen molar-refractivity contribution in [1.29, 1.82) is 0 Å². The topological polar surface area (TPSA) is 330 Å². The first-order valence-electron chi connectivity index (χ1n) is 17.9. The van der Waals surface area contributed by atoms with Crippen LogP contribution in [0.3, 0.4) is 0 Å². The fourth-order valence-electron chi connectivity index (χ4n) is 6.06. The number of nitrogens with zero attached hydrogens (tertiary/aromatic N) is 1. The number of aliphatic hydroxyl groups excluding tert-OH is 10. The van der Waals surface area contributed by atoms with Crippen molar-refractivity contribution >= 4 is 11.7 Å². The Balaban J connectivity index is 1.43. The van der Waals surface area contributed by atoms with E-state index in [0.717, 1.165) is 0 Å². The maximum atomic E-state index is 12.1. The van der Waals surface area contributed by atoms with Gasteiger partial charge in [0.1, 0.15) is 60.8 Å². The van der Waals surface area contributed by atoms with Crippen LogP contribution in [0, 0.1) is 0 Å². The molecule has 22 nitrogen and oxygen atoms in total. The number of amides is 1. The number of aromatic nitrogens is 1. The summed E-state index contributed by atoms with van der Waals surface area (Å²) < 4.78 is 22.8. The van der Waals surface area contributed by atoms with Crippen LogP contribution < -0.4 is 10.6 Å². The molecule has 12 N–H and O–H groups in total. The third kappa shape index (κ3) is 11.6. The van der Waals surface area contributed by atoms with Crippen LogP contribution in [0.5, 0.6) is 0 Å². The maximum absolute atomic E-state index is 12.1. The summed E-state index contributed by atoms with van der Waals surface area (Å²) in [6, 6.07) is 3.90. The van der Waals surface area contributed by atoms with E-state index in [4.69, 9.17) is 38.5 Å². The molecule has 1 aromatic rings. The predicted molar refractivity (Wildman–Crippen MR) is 180 cm³/mol. The van der Waals surface area contributed by atoms with Gasteiger partial charge in [0.15, 0.2) is 18.5 Å². The zero-order valence-electron chi connectivity index (χ0n) is 30.9. The number of pyridine rings is 1. The molecule has 22 heteroatoms. The first-order valence-corrected chi connectivity index (χ1v) is 17.9. The molecule has 0 spiro atoms. The molecule has 3 fully saturated rings. The van der Waals surface area contributed by atoms with Gasteiger partial charge in [0.2, 0.25) is 18.5 Å². The lowest BCUT2D eigenvalue weighted by Gasteiger charge is -2.44. The highest BCUT2D eigenvalue weighted by Crippen LogP contribution is 2.31. The summed E-state index contributed by atoms with van der Waals surface area (Å²) >= 11 is 0. The van der Waals surface area contributed by atoms with E-state index in [1.807, 2.05) is 0 Å². The number of carbonyl (C=O) groups excluding carboxylic acids is 1. The SMILES string of the molecule is CC(O)CC(=O)N[C@H]1[C@H](O)[C@@H](O)[C@H](OO[C@@H]2[C@@H](O)[C@H](C)O[C@@H](OO[C@H]3[C@H](OC(CNc4ccccn4)C(O)C(O)C(C)O)O[C@@H](C)[C@H](O)[C@H]3O)[C@@H]2O)O[C@@H]1C. The molecule has 4 heterocycles. The molecule has 3 aliphatic rings. The quantitative estimate of drug-likeness (QED) is 0.0520. The predicted octanol–water partition coefficient (Wildman–Crippen LogP) is -4.73. The van der Waals surface area contributed by atoms with Crippen molar-refractivity contribution in [3.63, 3.8) is 0 Å². The van der Waals surface area contributed by atoms with Crippen molar-refractivity contribution in [2.75, 3.05) is 11.9 Å². The minimum atomic E-state index is -1.91. The number of nitrogens with one attached hydrogen (secondary N) is 2. The second-order valence-electron chi connectivity index (χ2n) is 14.0. The van der Waals surface area contributed by atoms with E-state index in [0.29, 0.717) is 5.82 Å². The first kappa shape index (κ1) is 45.4. The van der Waals surface area contributed by atoms with Gasteiger partial charge in [-0.2, -0.15) is 0 Å². The molecule has 5 unspecified atom stereocenters. The van der Waals surface area contributed by atoms with E-state index in [1.54, 1.807) is 18.2 Å². The van der Waals surface area contributed by atoms with Crippen LogP contribution in [0.2, 0.25) is 0 Å². The molecule has 1 aromatic heterocycles. The van der Waals surface area contributed by atoms with Gasteiger partial charge in [-0.3, -0.25) is 4.79 Å². The zero-order chi connectivity index (χ0) is 40.7. The lowest BCUT2D eigenvalue weighted by molar-refractivity contribution is -0.495. The Morgan fingerprint density at radius 2 is 1.33 bits per heavy atom. The van der Waals surface area contributed by atoms with Crippen LogP contribution in [-0.2, 0) is 43.3 Å². The summed E-state index contributed by atoms with van der Waals surface area (Å²) in [7, 11) is 0. The van der Waals surface area contributed by atoms with Gasteiger partial charge in [-0.15, -0.1) is 0 Å². The molecule has 3 saturated heterocycles. The van der Waals surface area contributed by atoms with Crippen molar-refractivity contribution in [1.82, 2.24) is 10.3 Å².